The number of fused-ring (bicyclic) bond motifs is 3. The summed E-state index contributed by atoms with van der Waals surface area (Å²) in [4.78, 5) is 27.9. The fourth-order valence-electron chi connectivity index (χ4n) is 8.89. The first-order chi connectivity index (χ1) is 30.2. The highest BCUT2D eigenvalue weighted by Gasteiger charge is 2.46. The molecule has 0 aliphatic heterocycles. The highest BCUT2D eigenvalue weighted by Crippen LogP contribution is 2.56. The van der Waals surface area contributed by atoms with Crippen LogP contribution in [0.1, 0.15) is 22.3 Å². The molecule has 1 aliphatic rings. The predicted octanol–water partition coefficient (Wildman–Crippen LogP) is 12.4. The third-order valence-corrected chi connectivity index (χ3v) is 11.7. The minimum Gasteiger partial charge on any atom is -0.217 e. The van der Waals surface area contributed by atoms with Crippen LogP contribution in [0.2, 0.25) is 0 Å². The van der Waals surface area contributed by atoms with Crippen LogP contribution < -0.4 is 0 Å². The zero-order chi connectivity index (χ0) is 40.6. The summed E-state index contributed by atoms with van der Waals surface area (Å²) in [5, 5.41) is 0. The number of rotatable bonds is 8. The molecule has 2 aromatic heterocycles. The quantitative estimate of drug-likeness (QED) is 0.153. The van der Waals surface area contributed by atoms with Gasteiger partial charge in [-0.05, 0) is 79.9 Å². The zero-order valence-corrected chi connectivity index (χ0v) is 33.0. The molecule has 10 aromatic rings. The first-order valence-corrected chi connectivity index (χ1v) is 20.3. The van der Waals surface area contributed by atoms with E-state index in [1.165, 1.54) is 33.4 Å². The van der Waals surface area contributed by atoms with Crippen LogP contribution in [0, 0.1) is 0 Å². The van der Waals surface area contributed by atoms with Crippen LogP contribution in [0.3, 0.4) is 0 Å². The average molecular weight is 781 g/mol. The van der Waals surface area contributed by atoms with Crippen molar-refractivity contribution in [1.82, 2.24) is 29.9 Å². The van der Waals surface area contributed by atoms with Crippen LogP contribution in [0.4, 0.5) is 0 Å². The van der Waals surface area contributed by atoms with Gasteiger partial charge in [0.05, 0.1) is 5.41 Å². The lowest BCUT2D eigenvalue weighted by Gasteiger charge is -2.34. The van der Waals surface area contributed by atoms with Gasteiger partial charge < -0.3 is 0 Å². The minimum absolute atomic E-state index is 0.605. The number of hydrogen-bond donors (Lipinski definition) is 0. The smallest absolute Gasteiger partial charge is 0.163 e. The van der Waals surface area contributed by atoms with Crippen molar-refractivity contribution in [3.8, 4) is 78.9 Å². The molecular formula is C55H36N6. The molecule has 6 heteroatoms. The van der Waals surface area contributed by atoms with Gasteiger partial charge >= 0.3 is 0 Å². The summed E-state index contributed by atoms with van der Waals surface area (Å²) < 4.78 is 0. The Morgan fingerprint density at radius 1 is 0.262 bits per heavy atom. The molecule has 0 radical (unpaired) electrons. The maximum absolute atomic E-state index is 4.87. The first-order valence-electron chi connectivity index (χ1n) is 20.3. The van der Waals surface area contributed by atoms with Crippen molar-refractivity contribution in [2.24, 2.45) is 0 Å². The van der Waals surface area contributed by atoms with Gasteiger partial charge in [0, 0.05) is 22.3 Å². The fraction of sp³-hybridized carbons (Fsp3) is 0.0182. The summed E-state index contributed by atoms with van der Waals surface area (Å²) in [6.45, 7) is 0. The maximum Gasteiger partial charge on any atom is 0.163 e. The lowest BCUT2D eigenvalue weighted by atomic mass is 9.67. The molecule has 0 saturated heterocycles. The molecule has 1 aliphatic carbocycles. The zero-order valence-electron chi connectivity index (χ0n) is 33.0. The van der Waals surface area contributed by atoms with Gasteiger partial charge in [-0.15, -0.1) is 0 Å². The molecule has 6 nitrogen and oxygen atoms in total. The third-order valence-electron chi connectivity index (χ3n) is 11.7. The Balaban J connectivity index is 1.03. The summed E-state index contributed by atoms with van der Waals surface area (Å²) in [5.41, 5.74) is 14.9. The molecule has 0 unspecified atom stereocenters. The van der Waals surface area contributed by atoms with Crippen molar-refractivity contribution in [2.45, 2.75) is 5.41 Å². The second-order valence-electron chi connectivity index (χ2n) is 15.2. The molecule has 2 heterocycles. The Morgan fingerprint density at radius 3 is 1.03 bits per heavy atom. The normalized spacial score (nSPS) is 12.4. The average Bonchev–Trinajstić information content (AvgIpc) is 3.66. The van der Waals surface area contributed by atoms with Crippen molar-refractivity contribution < 1.29 is 0 Å². The van der Waals surface area contributed by atoms with E-state index in [9.17, 15) is 0 Å². The Kier molecular flexibility index (Phi) is 8.94. The minimum atomic E-state index is -0.605. The van der Waals surface area contributed by atoms with Gasteiger partial charge in [-0.25, -0.2) is 29.9 Å². The van der Waals surface area contributed by atoms with Gasteiger partial charge in [-0.3, -0.25) is 0 Å². The fourth-order valence-corrected chi connectivity index (χ4v) is 8.89. The Hall–Kier alpha value is -8.22. The molecule has 0 amide bonds. The molecule has 286 valence electrons. The lowest BCUT2D eigenvalue weighted by Crippen LogP contribution is -2.28. The first kappa shape index (κ1) is 35.9. The van der Waals surface area contributed by atoms with Crippen molar-refractivity contribution in [2.75, 3.05) is 0 Å². The summed E-state index contributed by atoms with van der Waals surface area (Å²) in [5.74, 6) is 2.57. The van der Waals surface area contributed by atoms with E-state index in [-0.39, 0.29) is 0 Å². The molecule has 8 aromatic carbocycles. The molecule has 0 bridgehead atoms. The van der Waals surface area contributed by atoms with Crippen molar-refractivity contribution in [1.29, 1.82) is 0 Å². The third kappa shape index (κ3) is 6.38. The number of aromatic nitrogens is 6. The van der Waals surface area contributed by atoms with E-state index in [2.05, 4.69) is 166 Å². The molecule has 0 atom stereocenters. The van der Waals surface area contributed by atoms with E-state index in [0.29, 0.717) is 23.3 Å². The van der Waals surface area contributed by atoms with Gasteiger partial charge in [0.1, 0.15) is 12.7 Å². The van der Waals surface area contributed by atoms with E-state index in [1.807, 2.05) is 60.7 Å². The van der Waals surface area contributed by atoms with Crippen molar-refractivity contribution in [3.63, 3.8) is 0 Å². The van der Waals surface area contributed by atoms with E-state index in [4.69, 9.17) is 9.97 Å². The number of nitrogens with zero attached hydrogens (tertiary/aromatic N) is 6. The van der Waals surface area contributed by atoms with Crippen LogP contribution in [0.5, 0.6) is 0 Å². The lowest BCUT2D eigenvalue weighted by molar-refractivity contribution is 0.769. The Bertz CT molecular complexity index is 3000. The maximum atomic E-state index is 4.87. The second kappa shape index (κ2) is 15.2. The van der Waals surface area contributed by atoms with Gasteiger partial charge in [0.15, 0.2) is 23.3 Å². The molecular weight excluding hydrogens is 745 g/mol. The Morgan fingerprint density at radius 2 is 0.590 bits per heavy atom. The van der Waals surface area contributed by atoms with Gasteiger partial charge in [-0.2, -0.15) is 0 Å². The highest BCUT2D eigenvalue weighted by atomic mass is 15.0. The number of hydrogen-bond acceptors (Lipinski definition) is 6. The molecule has 11 rings (SSSR count). The standard InChI is InChI=1S/C55H36N6/c1-3-15-37(16-4-1)51-56-35-58-53(60-51)43-23-11-19-39(31-43)41-21-13-25-45(33-41)55(49-29-9-7-27-47(49)48-28-8-10-30-50(48)55)46-26-14-22-42(34-46)40-20-12-24-44(32-40)54-59-36-57-52(61-54)38-17-5-2-6-18-38/h1-36H. The van der Waals surface area contributed by atoms with Crippen LogP contribution in [0.25, 0.3) is 78.9 Å². The van der Waals surface area contributed by atoms with Crippen molar-refractivity contribution >= 4 is 0 Å². The van der Waals surface area contributed by atoms with Crippen LogP contribution in [-0.2, 0) is 5.41 Å². The summed E-state index contributed by atoms with van der Waals surface area (Å²) in [6.07, 6.45) is 3.19. The molecule has 0 N–H and O–H groups in total. The summed E-state index contributed by atoms with van der Waals surface area (Å²) in [7, 11) is 0. The summed E-state index contributed by atoms with van der Waals surface area (Å²) in [6, 6.07) is 72.7. The van der Waals surface area contributed by atoms with E-state index in [1.54, 1.807) is 12.7 Å². The van der Waals surface area contributed by atoms with Crippen LogP contribution >= 0.6 is 0 Å². The van der Waals surface area contributed by atoms with Gasteiger partial charge in [0.25, 0.3) is 0 Å². The number of benzene rings is 8. The van der Waals surface area contributed by atoms with Gasteiger partial charge in [-0.1, -0.05) is 182 Å². The SMILES string of the molecule is c1ccc(-c2ncnc(-c3cccc(-c4cccc(C5(c6cccc(-c7cccc(-c8ncnc(-c9ccccc9)n8)c7)c6)c6ccccc6-c6ccccc65)c4)c3)n2)cc1. The predicted molar refractivity (Wildman–Crippen MR) is 243 cm³/mol. The van der Waals surface area contributed by atoms with E-state index >= 15 is 0 Å². The largest absolute Gasteiger partial charge is 0.217 e. The molecule has 0 fully saturated rings. The second-order valence-corrected chi connectivity index (χ2v) is 15.2. The van der Waals surface area contributed by atoms with Crippen LogP contribution in [-0.4, -0.2) is 29.9 Å². The van der Waals surface area contributed by atoms with Crippen molar-refractivity contribution in [3.05, 3.63) is 241 Å². The topological polar surface area (TPSA) is 77.3 Å². The van der Waals surface area contributed by atoms with Crippen LogP contribution in [0.15, 0.2) is 219 Å². The highest BCUT2D eigenvalue weighted by molar-refractivity contribution is 5.87. The van der Waals surface area contributed by atoms with Gasteiger partial charge in [0.2, 0.25) is 0 Å². The Labute approximate surface area is 354 Å². The molecule has 61 heavy (non-hydrogen) atoms. The molecule has 0 spiro atoms. The monoisotopic (exact) mass is 780 g/mol. The molecule has 0 saturated carbocycles. The van der Waals surface area contributed by atoms with E-state index < -0.39 is 5.41 Å². The summed E-state index contributed by atoms with van der Waals surface area (Å²) >= 11 is 0. The van der Waals surface area contributed by atoms with E-state index in [0.717, 1.165) is 44.5 Å².